The van der Waals surface area contributed by atoms with Crippen LogP contribution >= 0.6 is 22.9 Å². The lowest BCUT2D eigenvalue weighted by Crippen LogP contribution is -2.27. The number of rotatable bonds is 9. The number of hydrogen-bond donors (Lipinski definition) is 0. The van der Waals surface area contributed by atoms with Crippen molar-refractivity contribution in [1.82, 2.24) is 4.98 Å². The van der Waals surface area contributed by atoms with E-state index in [2.05, 4.69) is 4.98 Å². The normalized spacial score (nSPS) is 11.1. The van der Waals surface area contributed by atoms with Crippen LogP contribution in [0.5, 0.6) is 11.5 Å². The summed E-state index contributed by atoms with van der Waals surface area (Å²) in [6.07, 6.45) is 0. The molecule has 0 fully saturated rings. The molecule has 0 unspecified atom stereocenters. The van der Waals surface area contributed by atoms with Crippen molar-refractivity contribution in [2.24, 2.45) is 0 Å². The molecule has 0 saturated heterocycles. The first-order valence-electron chi connectivity index (χ1n) is 10.9. The van der Waals surface area contributed by atoms with Crippen LogP contribution in [0.1, 0.15) is 16.1 Å². The van der Waals surface area contributed by atoms with Crippen LogP contribution in [0.2, 0.25) is 5.02 Å². The van der Waals surface area contributed by atoms with Crippen LogP contribution in [0.25, 0.3) is 10.6 Å². The van der Waals surface area contributed by atoms with E-state index in [1.54, 1.807) is 0 Å². The van der Waals surface area contributed by atoms with Crippen molar-refractivity contribution in [2.45, 2.75) is 11.5 Å². The number of ether oxygens (including phenoxy) is 3. The van der Waals surface area contributed by atoms with Crippen LogP contribution in [0.3, 0.4) is 0 Å². The zero-order valence-corrected chi connectivity index (χ0v) is 22.6. The average molecular weight is 559 g/mol. The predicted molar refractivity (Wildman–Crippen MR) is 143 cm³/mol. The van der Waals surface area contributed by atoms with Gasteiger partial charge in [-0.05, 0) is 24.3 Å². The number of sulfonamides is 1. The molecule has 0 aliphatic carbocycles. The van der Waals surface area contributed by atoms with Gasteiger partial charge in [-0.15, -0.1) is 11.3 Å². The fraction of sp³-hybridized carbons (Fsp3) is 0.154. The number of carbonyl (C=O) groups is 1. The van der Waals surface area contributed by atoms with Gasteiger partial charge >= 0.3 is 5.97 Å². The molecule has 0 N–H and O–H groups in total. The summed E-state index contributed by atoms with van der Waals surface area (Å²) >= 11 is 7.67. The highest BCUT2D eigenvalue weighted by Crippen LogP contribution is 2.39. The fourth-order valence-electron chi connectivity index (χ4n) is 3.47. The number of benzene rings is 3. The molecule has 1 heterocycles. The number of nitrogens with zero attached hydrogens (tertiary/aromatic N) is 2. The maximum atomic E-state index is 13.4. The molecular formula is C26H23ClN2O6S2. The van der Waals surface area contributed by atoms with Crippen molar-refractivity contribution in [3.05, 3.63) is 88.4 Å². The van der Waals surface area contributed by atoms with Crippen molar-refractivity contribution in [3.8, 4) is 22.1 Å². The fourth-order valence-corrected chi connectivity index (χ4v) is 5.76. The highest BCUT2D eigenvalue weighted by atomic mass is 35.5. The third kappa shape index (κ3) is 5.71. The Labute approximate surface area is 224 Å². The van der Waals surface area contributed by atoms with E-state index in [-0.39, 0.29) is 33.5 Å². The first-order chi connectivity index (χ1) is 17.7. The molecule has 0 atom stereocenters. The lowest BCUT2D eigenvalue weighted by molar-refractivity contribution is 0.0468. The molecule has 11 heteroatoms. The number of aromatic nitrogens is 1. The molecule has 0 spiro atoms. The molecule has 0 aliphatic rings. The van der Waals surface area contributed by atoms with E-state index in [9.17, 15) is 13.2 Å². The van der Waals surface area contributed by atoms with E-state index < -0.39 is 16.0 Å². The Morgan fingerprint density at radius 3 is 2.43 bits per heavy atom. The Hall–Kier alpha value is -3.60. The molecule has 0 radical (unpaired) electrons. The van der Waals surface area contributed by atoms with Crippen LogP contribution in [0.4, 0.5) is 5.69 Å². The Morgan fingerprint density at radius 2 is 1.73 bits per heavy atom. The zero-order valence-electron chi connectivity index (χ0n) is 20.2. The van der Waals surface area contributed by atoms with Gasteiger partial charge in [-0.25, -0.2) is 18.2 Å². The highest BCUT2D eigenvalue weighted by Gasteiger charge is 2.26. The van der Waals surface area contributed by atoms with Gasteiger partial charge in [0.1, 0.15) is 23.1 Å². The van der Waals surface area contributed by atoms with Crippen molar-refractivity contribution >= 4 is 44.6 Å². The lowest BCUT2D eigenvalue weighted by Gasteiger charge is -2.23. The second kappa shape index (κ2) is 11.2. The third-order valence-electron chi connectivity index (χ3n) is 5.44. The Bertz CT molecular complexity index is 1520. The monoisotopic (exact) mass is 558 g/mol. The summed E-state index contributed by atoms with van der Waals surface area (Å²) in [5, 5.41) is 2.85. The molecule has 4 rings (SSSR count). The summed E-state index contributed by atoms with van der Waals surface area (Å²) < 4.78 is 43.7. The van der Waals surface area contributed by atoms with E-state index in [1.807, 2.05) is 35.7 Å². The number of halogens is 1. The van der Waals surface area contributed by atoms with Gasteiger partial charge in [0.25, 0.3) is 10.0 Å². The van der Waals surface area contributed by atoms with Crippen LogP contribution in [-0.2, 0) is 21.4 Å². The molecule has 192 valence electrons. The second-order valence-corrected chi connectivity index (χ2v) is 11.0. The summed E-state index contributed by atoms with van der Waals surface area (Å²) in [6.45, 7) is -0.0411. The van der Waals surface area contributed by atoms with Crippen LogP contribution in [0.15, 0.2) is 77.0 Å². The largest absolute Gasteiger partial charge is 0.495 e. The Kier molecular flexibility index (Phi) is 8.01. The number of carbonyl (C=O) groups excluding carboxylic acids is 1. The number of thiazole rings is 1. The Morgan fingerprint density at radius 1 is 1.00 bits per heavy atom. The molecule has 0 amide bonds. The number of anilines is 1. The summed E-state index contributed by atoms with van der Waals surface area (Å²) in [4.78, 5) is 17.1. The van der Waals surface area contributed by atoms with Crippen LogP contribution in [0, 0.1) is 0 Å². The van der Waals surface area contributed by atoms with Crippen molar-refractivity contribution < 1.29 is 27.4 Å². The molecule has 37 heavy (non-hydrogen) atoms. The minimum atomic E-state index is -4.08. The van der Waals surface area contributed by atoms with Gasteiger partial charge in [-0.3, -0.25) is 4.31 Å². The van der Waals surface area contributed by atoms with Gasteiger partial charge in [0.15, 0.2) is 0 Å². The van der Waals surface area contributed by atoms with Gasteiger partial charge < -0.3 is 14.2 Å². The number of methoxy groups -OCH3 is 2. The predicted octanol–water partition coefficient (Wildman–Crippen LogP) is 5.66. The quantitative estimate of drug-likeness (QED) is 0.244. The molecule has 1 aromatic heterocycles. The van der Waals surface area contributed by atoms with E-state index in [0.717, 1.165) is 14.9 Å². The van der Waals surface area contributed by atoms with Gasteiger partial charge in [0.05, 0.1) is 41.1 Å². The van der Waals surface area contributed by atoms with Crippen molar-refractivity contribution in [1.29, 1.82) is 0 Å². The minimum absolute atomic E-state index is 0.0411. The summed E-state index contributed by atoms with van der Waals surface area (Å²) in [7, 11) is 0.150. The van der Waals surface area contributed by atoms with E-state index in [4.69, 9.17) is 25.8 Å². The van der Waals surface area contributed by atoms with Gasteiger partial charge in [-0.2, -0.15) is 0 Å². The van der Waals surface area contributed by atoms with E-state index >= 15 is 0 Å². The van der Waals surface area contributed by atoms with E-state index in [0.29, 0.717) is 11.4 Å². The van der Waals surface area contributed by atoms with Crippen molar-refractivity contribution in [3.63, 3.8) is 0 Å². The summed E-state index contributed by atoms with van der Waals surface area (Å²) in [5.41, 5.74) is 1.87. The molecule has 0 aliphatic heterocycles. The first kappa shape index (κ1) is 26.5. The van der Waals surface area contributed by atoms with Crippen LogP contribution < -0.4 is 13.8 Å². The number of hydrogen-bond acceptors (Lipinski definition) is 8. The minimum Gasteiger partial charge on any atom is -0.495 e. The number of esters is 1. The second-order valence-electron chi connectivity index (χ2n) is 7.75. The highest BCUT2D eigenvalue weighted by molar-refractivity contribution is 7.92. The topological polar surface area (TPSA) is 95.0 Å². The van der Waals surface area contributed by atoms with Crippen molar-refractivity contribution in [2.75, 3.05) is 25.6 Å². The van der Waals surface area contributed by atoms with E-state index in [1.165, 1.54) is 69.0 Å². The molecule has 4 aromatic rings. The smallest absolute Gasteiger partial charge is 0.338 e. The maximum absolute atomic E-state index is 13.4. The summed E-state index contributed by atoms with van der Waals surface area (Å²) in [6, 6.07) is 18.2. The average Bonchev–Trinajstić information content (AvgIpc) is 3.41. The van der Waals surface area contributed by atoms with Gasteiger partial charge in [-0.1, -0.05) is 48.0 Å². The lowest BCUT2D eigenvalue weighted by atomic mass is 10.2. The Balaban J connectivity index is 1.51. The first-order valence-corrected chi connectivity index (χ1v) is 13.6. The zero-order chi connectivity index (χ0) is 26.6. The molecular weight excluding hydrogens is 536 g/mol. The SMILES string of the molecule is COc1cc(OC)c(N(C)S(=O)(=O)c2cccc(C(=O)OCc3csc(-c4ccccc4)n3)c2)cc1Cl. The molecule has 0 bridgehead atoms. The maximum Gasteiger partial charge on any atom is 0.338 e. The third-order valence-corrected chi connectivity index (χ3v) is 8.45. The van der Waals surface area contributed by atoms with Gasteiger partial charge in [0, 0.05) is 24.1 Å². The molecule has 8 nitrogen and oxygen atoms in total. The van der Waals surface area contributed by atoms with Crippen LogP contribution in [-0.4, -0.2) is 40.6 Å². The summed E-state index contributed by atoms with van der Waals surface area (Å²) in [5.74, 6) is -0.0751. The van der Waals surface area contributed by atoms with Gasteiger partial charge in [0.2, 0.25) is 0 Å². The molecule has 0 saturated carbocycles. The molecule has 3 aromatic carbocycles. The standard InChI is InChI=1S/C26H23ClN2O6S2/c1-29(22-13-21(27)23(33-2)14-24(22)34-3)37(31,32)20-11-7-10-18(12-20)26(30)35-15-19-16-36-25(28-19)17-8-5-4-6-9-17/h4-14,16H,15H2,1-3H3.